The van der Waals surface area contributed by atoms with Gasteiger partial charge in [-0.05, 0) is 36.2 Å². The Labute approximate surface area is 146 Å². The lowest BCUT2D eigenvalue weighted by Crippen LogP contribution is -2.35. The Morgan fingerprint density at radius 2 is 2.08 bits per heavy atom. The van der Waals surface area contributed by atoms with Gasteiger partial charge in [-0.25, -0.2) is 0 Å². The number of anilines is 1. The molecule has 1 aliphatic heterocycles. The summed E-state index contributed by atoms with van der Waals surface area (Å²) in [6.45, 7) is 6.23. The molecule has 0 radical (unpaired) electrons. The van der Waals surface area contributed by atoms with Crippen LogP contribution in [0.25, 0.3) is 0 Å². The van der Waals surface area contributed by atoms with Gasteiger partial charge in [-0.2, -0.15) is 0 Å². The van der Waals surface area contributed by atoms with Crippen LogP contribution in [0.2, 0.25) is 5.02 Å². The van der Waals surface area contributed by atoms with Crippen molar-refractivity contribution < 1.29 is 9.53 Å². The van der Waals surface area contributed by atoms with Crippen molar-refractivity contribution in [2.75, 3.05) is 31.6 Å². The van der Waals surface area contributed by atoms with Gasteiger partial charge in [0.1, 0.15) is 5.69 Å². The van der Waals surface area contributed by atoms with Gasteiger partial charge >= 0.3 is 0 Å². The smallest absolute Gasteiger partial charge is 0.274 e. The SMILES string of the molecule is Cc1ccc(CN2CCOCC2)cc1NC(=O)c1cc(Cl)ccn1. The number of carbonyl (C=O) groups excluding carboxylic acids is 1. The zero-order chi connectivity index (χ0) is 16.9. The molecule has 3 rings (SSSR count). The lowest BCUT2D eigenvalue weighted by molar-refractivity contribution is 0.0342. The fourth-order valence-corrected chi connectivity index (χ4v) is 2.79. The van der Waals surface area contributed by atoms with Crippen LogP contribution in [0.15, 0.2) is 36.5 Å². The first-order valence-corrected chi connectivity index (χ1v) is 8.32. The molecule has 2 heterocycles. The number of amides is 1. The Balaban J connectivity index is 1.72. The molecule has 0 aliphatic carbocycles. The molecule has 1 N–H and O–H groups in total. The van der Waals surface area contributed by atoms with Crippen LogP contribution in [0.3, 0.4) is 0 Å². The Morgan fingerprint density at radius 3 is 2.83 bits per heavy atom. The minimum absolute atomic E-state index is 0.260. The van der Waals surface area contributed by atoms with Crippen LogP contribution in [0.1, 0.15) is 21.6 Å². The van der Waals surface area contributed by atoms with Gasteiger partial charge in [0.15, 0.2) is 0 Å². The fourth-order valence-electron chi connectivity index (χ4n) is 2.63. The summed E-state index contributed by atoms with van der Waals surface area (Å²) in [4.78, 5) is 18.8. The third-order valence-corrected chi connectivity index (χ3v) is 4.25. The van der Waals surface area contributed by atoms with Crippen molar-refractivity contribution in [3.63, 3.8) is 0 Å². The number of ether oxygens (including phenoxy) is 1. The number of nitrogens with zero attached hydrogens (tertiary/aromatic N) is 2. The summed E-state index contributed by atoms with van der Waals surface area (Å²) >= 11 is 5.92. The quantitative estimate of drug-likeness (QED) is 0.925. The van der Waals surface area contributed by atoms with Gasteiger partial charge in [0.05, 0.1) is 13.2 Å². The number of carbonyl (C=O) groups is 1. The van der Waals surface area contributed by atoms with E-state index in [1.54, 1.807) is 12.1 Å². The van der Waals surface area contributed by atoms with Crippen molar-refractivity contribution in [2.45, 2.75) is 13.5 Å². The van der Waals surface area contributed by atoms with E-state index in [1.807, 2.05) is 19.1 Å². The van der Waals surface area contributed by atoms with Crippen LogP contribution in [0.5, 0.6) is 0 Å². The highest BCUT2D eigenvalue weighted by Gasteiger charge is 2.13. The van der Waals surface area contributed by atoms with Crippen LogP contribution < -0.4 is 5.32 Å². The van der Waals surface area contributed by atoms with Gasteiger partial charge < -0.3 is 10.1 Å². The molecule has 5 nitrogen and oxygen atoms in total. The van der Waals surface area contributed by atoms with E-state index in [1.165, 1.54) is 6.20 Å². The molecule has 0 unspecified atom stereocenters. The number of nitrogens with one attached hydrogen (secondary N) is 1. The standard InChI is InChI=1S/C18H20ClN3O2/c1-13-2-3-14(12-22-6-8-24-9-7-22)10-16(13)21-18(23)17-11-15(19)4-5-20-17/h2-5,10-11H,6-9,12H2,1H3,(H,21,23). The van der Waals surface area contributed by atoms with Crippen LogP contribution in [0, 0.1) is 6.92 Å². The topological polar surface area (TPSA) is 54.5 Å². The summed E-state index contributed by atoms with van der Waals surface area (Å²) in [5.74, 6) is -0.260. The molecule has 1 fully saturated rings. The zero-order valence-electron chi connectivity index (χ0n) is 13.6. The van der Waals surface area contributed by atoms with E-state index < -0.39 is 0 Å². The molecule has 126 valence electrons. The Bertz CT molecular complexity index is 730. The summed E-state index contributed by atoms with van der Waals surface area (Å²) in [6, 6.07) is 9.35. The molecule has 1 aromatic heterocycles. The molecule has 0 spiro atoms. The van der Waals surface area contributed by atoms with Crippen molar-refractivity contribution in [3.8, 4) is 0 Å². The number of hydrogen-bond donors (Lipinski definition) is 1. The van der Waals surface area contributed by atoms with Gasteiger partial charge in [-0.1, -0.05) is 23.7 Å². The first kappa shape index (κ1) is 16.9. The molecule has 24 heavy (non-hydrogen) atoms. The number of aryl methyl sites for hydroxylation is 1. The molecule has 0 saturated carbocycles. The number of pyridine rings is 1. The summed E-state index contributed by atoms with van der Waals surface area (Å²) in [5.41, 5.74) is 3.28. The van der Waals surface area contributed by atoms with E-state index >= 15 is 0 Å². The highest BCUT2D eigenvalue weighted by Crippen LogP contribution is 2.20. The third kappa shape index (κ3) is 4.32. The number of halogens is 1. The van der Waals surface area contributed by atoms with E-state index in [9.17, 15) is 4.79 Å². The van der Waals surface area contributed by atoms with E-state index in [0.29, 0.717) is 10.7 Å². The van der Waals surface area contributed by atoms with Crippen molar-refractivity contribution in [2.24, 2.45) is 0 Å². The molecule has 6 heteroatoms. The maximum atomic E-state index is 12.4. The summed E-state index contributed by atoms with van der Waals surface area (Å²) < 4.78 is 5.38. The van der Waals surface area contributed by atoms with Crippen molar-refractivity contribution in [3.05, 3.63) is 58.4 Å². The second-order valence-corrected chi connectivity index (χ2v) is 6.29. The largest absolute Gasteiger partial charge is 0.379 e. The lowest BCUT2D eigenvalue weighted by atomic mass is 10.1. The average Bonchev–Trinajstić information content (AvgIpc) is 2.59. The van der Waals surface area contributed by atoms with Gasteiger partial charge in [-0.15, -0.1) is 0 Å². The fraction of sp³-hybridized carbons (Fsp3) is 0.333. The number of rotatable bonds is 4. The highest BCUT2D eigenvalue weighted by molar-refractivity contribution is 6.30. The first-order valence-electron chi connectivity index (χ1n) is 7.94. The van der Waals surface area contributed by atoms with Crippen LogP contribution in [-0.2, 0) is 11.3 Å². The molecule has 0 atom stereocenters. The Hall–Kier alpha value is -1.95. The third-order valence-electron chi connectivity index (χ3n) is 4.01. The normalized spacial score (nSPS) is 15.2. The summed E-state index contributed by atoms with van der Waals surface area (Å²) in [7, 11) is 0. The van der Waals surface area contributed by atoms with Gasteiger partial charge in [0.2, 0.25) is 0 Å². The molecule has 0 bridgehead atoms. The summed E-state index contributed by atoms with van der Waals surface area (Å²) in [5, 5.41) is 3.42. The maximum absolute atomic E-state index is 12.4. The Kier molecular flexibility index (Phi) is 5.45. The van der Waals surface area contributed by atoms with Crippen molar-refractivity contribution in [1.29, 1.82) is 0 Å². The van der Waals surface area contributed by atoms with Gasteiger partial charge in [0, 0.05) is 36.5 Å². The minimum atomic E-state index is -0.260. The molecule has 1 aromatic carbocycles. The second-order valence-electron chi connectivity index (χ2n) is 5.85. The molecule has 2 aromatic rings. The Morgan fingerprint density at radius 1 is 1.29 bits per heavy atom. The van der Waals surface area contributed by atoms with E-state index in [4.69, 9.17) is 16.3 Å². The van der Waals surface area contributed by atoms with E-state index in [2.05, 4.69) is 21.3 Å². The highest BCUT2D eigenvalue weighted by atomic mass is 35.5. The van der Waals surface area contributed by atoms with E-state index in [-0.39, 0.29) is 5.91 Å². The predicted octanol–water partition coefficient (Wildman–Crippen LogP) is 3.13. The lowest BCUT2D eigenvalue weighted by Gasteiger charge is -2.26. The van der Waals surface area contributed by atoms with Crippen LogP contribution in [0.4, 0.5) is 5.69 Å². The molecule has 1 aliphatic rings. The molecular weight excluding hydrogens is 326 g/mol. The van der Waals surface area contributed by atoms with Crippen LogP contribution >= 0.6 is 11.6 Å². The van der Waals surface area contributed by atoms with Gasteiger partial charge in [-0.3, -0.25) is 14.7 Å². The molecule has 1 saturated heterocycles. The second kappa shape index (κ2) is 7.75. The molecule has 1 amide bonds. The summed E-state index contributed by atoms with van der Waals surface area (Å²) in [6.07, 6.45) is 1.53. The number of hydrogen-bond acceptors (Lipinski definition) is 4. The maximum Gasteiger partial charge on any atom is 0.274 e. The number of morpholine rings is 1. The average molecular weight is 346 g/mol. The van der Waals surface area contributed by atoms with Crippen molar-refractivity contribution in [1.82, 2.24) is 9.88 Å². The first-order chi connectivity index (χ1) is 11.6. The van der Waals surface area contributed by atoms with Crippen molar-refractivity contribution >= 4 is 23.2 Å². The zero-order valence-corrected chi connectivity index (χ0v) is 14.3. The monoisotopic (exact) mass is 345 g/mol. The minimum Gasteiger partial charge on any atom is -0.379 e. The van der Waals surface area contributed by atoms with E-state index in [0.717, 1.165) is 49.7 Å². The number of aromatic nitrogens is 1. The van der Waals surface area contributed by atoms with Crippen LogP contribution in [-0.4, -0.2) is 42.1 Å². The molecular formula is C18H20ClN3O2. The predicted molar refractivity (Wildman–Crippen MR) is 94.5 cm³/mol. The van der Waals surface area contributed by atoms with Gasteiger partial charge in [0.25, 0.3) is 5.91 Å². The number of benzene rings is 1.